The van der Waals surface area contributed by atoms with Crippen LogP contribution in [-0.4, -0.2) is 41.9 Å². The highest BCUT2D eigenvalue weighted by atomic mass is 16.2. The predicted molar refractivity (Wildman–Crippen MR) is 113 cm³/mol. The van der Waals surface area contributed by atoms with Gasteiger partial charge in [-0.3, -0.25) is 9.59 Å². The summed E-state index contributed by atoms with van der Waals surface area (Å²) in [5.74, 6) is 0.0704. The molecule has 1 fully saturated rings. The quantitative estimate of drug-likeness (QED) is 0.806. The molecule has 1 heterocycles. The smallest absolute Gasteiger partial charge is 0.254 e. The topological polar surface area (TPSA) is 75.4 Å². The van der Waals surface area contributed by atoms with E-state index in [0.717, 1.165) is 29.2 Å². The lowest BCUT2D eigenvalue weighted by Gasteiger charge is -2.36. The van der Waals surface area contributed by atoms with Crippen molar-refractivity contribution in [1.29, 1.82) is 0 Å². The monoisotopic (exact) mass is 381 g/mol. The fourth-order valence-corrected chi connectivity index (χ4v) is 4.06. The molecule has 0 atom stereocenters. The van der Waals surface area contributed by atoms with E-state index in [1.165, 1.54) is 0 Å². The Labute approximate surface area is 167 Å². The summed E-state index contributed by atoms with van der Waals surface area (Å²) < 4.78 is 0. The van der Waals surface area contributed by atoms with E-state index in [9.17, 15) is 9.59 Å². The number of benzene rings is 2. The first kappa shape index (κ1) is 20.3. The summed E-state index contributed by atoms with van der Waals surface area (Å²) in [5, 5.41) is 5.23. The molecule has 5 nitrogen and oxygen atoms in total. The van der Waals surface area contributed by atoms with Crippen LogP contribution in [-0.2, 0) is 4.79 Å². The Bertz CT molecular complexity index is 823. The molecule has 0 aliphatic carbocycles. The van der Waals surface area contributed by atoms with Crippen molar-refractivity contribution in [2.24, 2.45) is 11.7 Å². The van der Waals surface area contributed by atoms with Crippen LogP contribution in [0.3, 0.4) is 0 Å². The summed E-state index contributed by atoms with van der Waals surface area (Å²) in [4.78, 5) is 27.7. The summed E-state index contributed by atoms with van der Waals surface area (Å²) in [6.07, 6.45) is 3.03. The SMILES string of the molecule is CCC(CC)(CN)NC(=O)C1CCN(C(=O)c2cccc3ccccc23)CC1. The first-order valence-electron chi connectivity index (χ1n) is 10.3. The Kier molecular flexibility index (Phi) is 6.35. The largest absolute Gasteiger partial charge is 0.349 e. The number of nitrogens with two attached hydrogens (primary N) is 1. The van der Waals surface area contributed by atoms with Crippen LogP contribution in [0.15, 0.2) is 42.5 Å². The molecule has 0 spiro atoms. The number of piperidine rings is 1. The van der Waals surface area contributed by atoms with E-state index < -0.39 is 0 Å². The molecule has 0 saturated carbocycles. The zero-order valence-electron chi connectivity index (χ0n) is 16.9. The van der Waals surface area contributed by atoms with Crippen molar-refractivity contribution in [3.05, 3.63) is 48.0 Å². The van der Waals surface area contributed by atoms with Crippen LogP contribution in [0.4, 0.5) is 0 Å². The van der Waals surface area contributed by atoms with Gasteiger partial charge in [0, 0.05) is 31.1 Å². The molecule has 150 valence electrons. The minimum atomic E-state index is -0.313. The Morgan fingerprint density at radius 1 is 1.07 bits per heavy atom. The van der Waals surface area contributed by atoms with E-state index in [1.807, 2.05) is 47.4 Å². The lowest BCUT2D eigenvalue weighted by molar-refractivity contribution is -0.128. The highest BCUT2D eigenvalue weighted by Crippen LogP contribution is 2.24. The molecular weight excluding hydrogens is 350 g/mol. The van der Waals surface area contributed by atoms with Gasteiger partial charge < -0.3 is 16.0 Å². The standard InChI is InChI=1S/C23H31N3O2/c1-3-23(4-2,16-24)25-21(27)18-12-14-26(15-13-18)22(28)20-11-7-9-17-8-5-6-10-19(17)20/h5-11,18H,3-4,12-16,24H2,1-2H3,(H,25,27). The second-order valence-electron chi connectivity index (χ2n) is 7.77. The minimum Gasteiger partial charge on any atom is -0.349 e. The summed E-state index contributed by atoms with van der Waals surface area (Å²) in [7, 11) is 0. The van der Waals surface area contributed by atoms with Crippen LogP contribution in [0.1, 0.15) is 49.9 Å². The third kappa shape index (κ3) is 4.04. The molecule has 0 radical (unpaired) electrons. The number of likely N-dealkylation sites (tertiary alicyclic amines) is 1. The third-order valence-electron chi connectivity index (χ3n) is 6.31. The van der Waals surface area contributed by atoms with E-state index in [0.29, 0.717) is 32.5 Å². The molecule has 2 aromatic carbocycles. The number of hydrogen-bond donors (Lipinski definition) is 2. The van der Waals surface area contributed by atoms with Gasteiger partial charge in [-0.05, 0) is 42.5 Å². The summed E-state index contributed by atoms with van der Waals surface area (Å²) in [5.41, 5.74) is 6.33. The van der Waals surface area contributed by atoms with Gasteiger partial charge in [0.2, 0.25) is 5.91 Å². The number of nitrogens with one attached hydrogen (secondary N) is 1. The van der Waals surface area contributed by atoms with Crippen molar-refractivity contribution >= 4 is 22.6 Å². The van der Waals surface area contributed by atoms with Crippen LogP contribution >= 0.6 is 0 Å². The zero-order chi connectivity index (χ0) is 20.1. The average Bonchev–Trinajstić information content (AvgIpc) is 2.76. The minimum absolute atomic E-state index is 0.0501. The number of carbonyl (C=O) groups excluding carboxylic acids is 2. The van der Waals surface area contributed by atoms with Crippen LogP contribution in [0.25, 0.3) is 10.8 Å². The molecule has 1 saturated heterocycles. The van der Waals surface area contributed by atoms with Gasteiger partial charge in [0.1, 0.15) is 0 Å². The maximum atomic E-state index is 13.1. The molecule has 2 aromatic rings. The van der Waals surface area contributed by atoms with E-state index in [-0.39, 0.29) is 23.3 Å². The van der Waals surface area contributed by atoms with Gasteiger partial charge in [-0.25, -0.2) is 0 Å². The fraction of sp³-hybridized carbons (Fsp3) is 0.478. The number of carbonyl (C=O) groups is 2. The molecule has 0 bridgehead atoms. The maximum absolute atomic E-state index is 13.1. The molecule has 1 aliphatic rings. The van der Waals surface area contributed by atoms with Crippen LogP contribution < -0.4 is 11.1 Å². The van der Waals surface area contributed by atoms with Crippen molar-refractivity contribution in [3.8, 4) is 0 Å². The molecule has 0 aromatic heterocycles. The zero-order valence-corrected chi connectivity index (χ0v) is 16.9. The van der Waals surface area contributed by atoms with Crippen molar-refractivity contribution < 1.29 is 9.59 Å². The van der Waals surface area contributed by atoms with Gasteiger partial charge >= 0.3 is 0 Å². The predicted octanol–water partition coefficient (Wildman–Crippen LogP) is 3.33. The van der Waals surface area contributed by atoms with E-state index in [4.69, 9.17) is 5.73 Å². The lowest BCUT2D eigenvalue weighted by atomic mass is 9.89. The van der Waals surface area contributed by atoms with Crippen molar-refractivity contribution in [2.75, 3.05) is 19.6 Å². The van der Waals surface area contributed by atoms with Crippen LogP contribution in [0.5, 0.6) is 0 Å². The van der Waals surface area contributed by atoms with Crippen molar-refractivity contribution in [2.45, 2.75) is 45.1 Å². The Balaban J connectivity index is 1.65. The van der Waals surface area contributed by atoms with Gasteiger partial charge in [-0.1, -0.05) is 50.2 Å². The lowest BCUT2D eigenvalue weighted by Crippen LogP contribution is -2.55. The Hall–Kier alpha value is -2.40. The third-order valence-corrected chi connectivity index (χ3v) is 6.31. The molecule has 5 heteroatoms. The van der Waals surface area contributed by atoms with Gasteiger partial charge in [0.25, 0.3) is 5.91 Å². The normalized spacial score (nSPS) is 15.6. The number of amides is 2. The molecular formula is C23H31N3O2. The number of nitrogens with zero attached hydrogens (tertiary/aromatic N) is 1. The first-order chi connectivity index (χ1) is 13.5. The number of rotatable bonds is 6. The Morgan fingerprint density at radius 3 is 2.36 bits per heavy atom. The van der Waals surface area contributed by atoms with Gasteiger partial charge in [-0.15, -0.1) is 0 Å². The molecule has 0 unspecified atom stereocenters. The van der Waals surface area contributed by atoms with Crippen molar-refractivity contribution in [3.63, 3.8) is 0 Å². The van der Waals surface area contributed by atoms with E-state index >= 15 is 0 Å². The van der Waals surface area contributed by atoms with E-state index in [2.05, 4.69) is 19.2 Å². The molecule has 3 rings (SSSR count). The van der Waals surface area contributed by atoms with E-state index in [1.54, 1.807) is 0 Å². The fourth-order valence-electron chi connectivity index (χ4n) is 4.06. The first-order valence-corrected chi connectivity index (χ1v) is 10.3. The highest BCUT2D eigenvalue weighted by Gasteiger charge is 2.33. The average molecular weight is 382 g/mol. The van der Waals surface area contributed by atoms with Gasteiger partial charge in [0.15, 0.2) is 0 Å². The van der Waals surface area contributed by atoms with Gasteiger partial charge in [-0.2, -0.15) is 0 Å². The number of fused-ring (bicyclic) bond motifs is 1. The summed E-state index contributed by atoms with van der Waals surface area (Å²) in [6.45, 7) is 5.77. The molecule has 3 N–H and O–H groups in total. The molecule has 28 heavy (non-hydrogen) atoms. The summed E-state index contributed by atoms with van der Waals surface area (Å²) in [6, 6.07) is 13.8. The molecule has 1 aliphatic heterocycles. The second kappa shape index (κ2) is 8.74. The Morgan fingerprint density at radius 2 is 1.71 bits per heavy atom. The number of hydrogen-bond acceptors (Lipinski definition) is 3. The maximum Gasteiger partial charge on any atom is 0.254 e. The van der Waals surface area contributed by atoms with Crippen LogP contribution in [0.2, 0.25) is 0 Å². The highest BCUT2D eigenvalue weighted by molar-refractivity contribution is 6.07. The van der Waals surface area contributed by atoms with Gasteiger partial charge in [0.05, 0.1) is 5.54 Å². The van der Waals surface area contributed by atoms with Crippen molar-refractivity contribution in [1.82, 2.24) is 10.2 Å². The van der Waals surface area contributed by atoms with Crippen LogP contribution in [0, 0.1) is 5.92 Å². The summed E-state index contributed by atoms with van der Waals surface area (Å²) >= 11 is 0. The second-order valence-corrected chi connectivity index (χ2v) is 7.77. The molecule has 2 amide bonds.